The maximum absolute atomic E-state index is 14.3. The SMILES string of the molecule is COC(=O)N[C@@H](C(=O)N1CCC[C@H]1c1ncc(C#Cc2ccc(-c3ccc(-c4cnc([C@@H]5CCCN5C(=O)[C@@H](c5ccccc5)N5CCOCC5)[nH]4)cc3)cc2)[nH]1)c1ccccc1. The van der Waals surface area contributed by atoms with Gasteiger partial charge in [-0.1, -0.05) is 103 Å². The number of nitrogens with one attached hydrogen (secondary N) is 3. The van der Waals surface area contributed by atoms with E-state index in [4.69, 9.17) is 14.5 Å². The van der Waals surface area contributed by atoms with E-state index in [1.807, 2.05) is 83.9 Å². The summed E-state index contributed by atoms with van der Waals surface area (Å²) >= 11 is 0. The number of rotatable bonds is 10. The fourth-order valence-electron chi connectivity index (χ4n) is 8.99. The van der Waals surface area contributed by atoms with Crippen molar-refractivity contribution in [1.29, 1.82) is 0 Å². The first kappa shape index (κ1) is 41.3. The highest BCUT2D eigenvalue weighted by Gasteiger charge is 2.40. The molecule has 3 aliphatic rings. The van der Waals surface area contributed by atoms with Gasteiger partial charge >= 0.3 is 6.09 Å². The Hall–Kier alpha value is -7.01. The molecule has 13 nitrogen and oxygen atoms in total. The highest BCUT2D eigenvalue weighted by molar-refractivity contribution is 5.87. The van der Waals surface area contributed by atoms with Crippen LogP contribution in [0.25, 0.3) is 22.4 Å². The fourth-order valence-corrected chi connectivity index (χ4v) is 8.99. The number of H-pyrrole nitrogens is 2. The van der Waals surface area contributed by atoms with E-state index in [-0.39, 0.29) is 29.9 Å². The van der Waals surface area contributed by atoms with Gasteiger partial charge in [0.1, 0.15) is 29.4 Å². The van der Waals surface area contributed by atoms with Gasteiger partial charge in [-0.3, -0.25) is 14.5 Å². The molecule has 3 amide bonds. The number of methoxy groups -OCH3 is 1. The van der Waals surface area contributed by atoms with E-state index in [9.17, 15) is 14.4 Å². The summed E-state index contributed by atoms with van der Waals surface area (Å²) in [6.45, 7) is 3.95. The summed E-state index contributed by atoms with van der Waals surface area (Å²) in [5.41, 5.74) is 7.26. The predicted molar refractivity (Wildman–Crippen MR) is 238 cm³/mol. The molecule has 3 N–H and O–H groups in total. The molecule has 0 bridgehead atoms. The lowest BCUT2D eigenvalue weighted by Crippen LogP contribution is -2.47. The van der Waals surface area contributed by atoms with Gasteiger partial charge in [-0.25, -0.2) is 14.8 Å². The average molecular weight is 843 g/mol. The fraction of sp³-hybridized carbons (Fsp3) is 0.300. The number of likely N-dealkylation sites (tertiary alicyclic amines) is 2. The third-order valence-electron chi connectivity index (χ3n) is 12.2. The molecule has 63 heavy (non-hydrogen) atoms. The third-order valence-corrected chi connectivity index (χ3v) is 12.2. The van der Waals surface area contributed by atoms with Crippen molar-refractivity contribution >= 4 is 17.9 Å². The number of aromatic amines is 2. The highest BCUT2D eigenvalue weighted by Crippen LogP contribution is 2.37. The number of alkyl carbamates (subject to hydrolysis) is 1. The highest BCUT2D eigenvalue weighted by atomic mass is 16.5. The summed E-state index contributed by atoms with van der Waals surface area (Å²) in [7, 11) is 1.28. The van der Waals surface area contributed by atoms with Crippen LogP contribution in [0.2, 0.25) is 0 Å². The van der Waals surface area contributed by atoms with E-state index in [1.165, 1.54) is 7.11 Å². The molecular formula is C50H50N8O5. The van der Waals surface area contributed by atoms with Gasteiger partial charge in [0.2, 0.25) is 5.91 Å². The molecule has 0 aliphatic carbocycles. The molecule has 4 aromatic carbocycles. The predicted octanol–water partition coefficient (Wildman–Crippen LogP) is 7.36. The normalized spacial score (nSPS) is 18.6. The largest absolute Gasteiger partial charge is 0.453 e. The van der Waals surface area contributed by atoms with Crippen LogP contribution in [0.3, 0.4) is 0 Å². The van der Waals surface area contributed by atoms with Gasteiger partial charge < -0.3 is 34.6 Å². The second kappa shape index (κ2) is 18.9. The van der Waals surface area contributed by atoms with Gasteiger partial charge in [0.15, 0.2) is 0 Å². The number of carbonyl (C=O) groups is 3. The molecular weight excluding hydrogens is 793 g/mol. The molecule has 0 radical (unpaired) electrons. The molecule has 9 rings (SSSR count). The molecule has 5 heterocycles. The number of nitrogens with zero attached hydrogens (tertiary/aromatic N) is 5. The van der Waals surface area contributed by atoms with Crippen LogP contribution >= 0.6 is 0 Å². The van der Waals surface area contributed by atoms with E-state index in [0.29, 0.717) is 43.4 Å². The van der Waals surface area contributed by atoms with E-state index < -0.39 is 12.1 Å². The number of benzene rings is 4. The average Bonchev–Trinajstić information content (AvgIpc) is 4.19. The van der Waals surface area contributed by atoms with Crippen molar-refractivity contribution in [2.24, 2.45) is 0 Å². The molecule has 3 fully saturated rings. The Morgan fingerprint density at radius 3 is 1.90 bits per heavy atom. The van der Waals surface area contributed by atoms with Gasteiger partial charge in [-0.2, -0.15) is 0 Å². The third kappa shape index (κ3) is 9.14. The van der Waals surface area contributed by atoms with E-state index in [1.54, 1.807) is 11.1 Å². The molecule has 0 spiro atoms. The van der Waals surface area contributed by atoms with Gasteiger partial charge in [0.05, 0.1) is 50.5 Å². The van der Waals surface area contributed by atoms with Gasteiger partial charge in [-0.15, -0.1) is 0 Å². The number of imidazole rings is 2. The topological polar surface area (TPSA) is 149 Å². The number of morpholine rings is 1. The molecule has 13 heteroatoms. The Labute approximate surface area is 366 Å². The zero-order chi connectivity index (χ0) is 43.1. The molecule has 3 saturated heterocycles. The van der Waals surface area contributed by atoms with Crippen molar-refractivity contribution in [3.63, 3.8) is 0 Å². The minimum absolute atomic E-state index is 0.112. The monoisotopic (exact) mass is 842 g/mol. The summed E-state index contributed by atoms with van der Waals surface area (Å²) in [6, 6.07) is 34.1. The first-order chi connectivity index (χ1) is 30.9. The lowest BCUT2D eigenvalue weighted by molar-refractivity contribution is -0.140. The second-order valence-electron chi connectivity index (χ2n) is 16.1. The van der Waals surface area contributed by atoms with Gasteiger partial charge in [-0.05, 0) is 71.6 Å². The van der Waals surface area contributed by atoms with Crippen molar-refractivity contribution in [3.8, 4) is 34.2 Å². The van der Waals surface area contributed by atoms with Crippen LogP contribution in [0, 0.1) is 11.8 Å². The minimum atomic E-state index is -0.882. The molecule has 3 aliphatic heterocycles. The summed E-state index contributed by atoms with van der Waals surface area (Å²) < 4.78 is 10.4. The molecule has 2 aromatic heterocycles. The van der Waals surface area contributed by atoms with Crippen LogP contribution < -0.4 is 5.32 Å². The number of amides is 3. The standard InChI is InChI=1S/C50H50N8O5/c1-62-50(61)55-44(38-10-4-2-5-11-38)48(59)57-26-8-14-42(57)46-51-32-40(53-46)25-18-34-16-19-35(20-17-34)36-21-23-37(24-22-36)41-33-52-47(54-41)43-15-9-27-58(43)49(60)45(39-12-6-3-7-13-39)56-28-30-63-31-29-56/h2-7,10-13,16-17,19-24,32-33,42-45H,8-9,14-15,26-31H2,1H3,(H,51,53)(H,52,54)(H,55,61)/t42-,43-,44+,45+/m0/s1. The maximum Gasteiger partial charge on any atom is 0.407 e. The number of aromatic nitrogens is 4. The zero-order valence-corrected chi connectivity index (χ0v) is 35.2. The van der Waals surface area contributed by atoms with Crippen molar-refractivity contribution in [3.05, 3.63) is 156 Å². The molecule has 0 saturated carbocycles. The van der Waals surface area contributed by atoms with Crippen LogP contribution in [0.15, 0.2) is 122 Å². The number of ether oxygens (including phenoxy) is 2. The van der Waals surface area contributed by atoms with E-state index >= 15 is 0 Å². The molecule has 4 atom stereocenters. The Balaban J connectivity index is 0.836. The number of hydrogen-bond acceptors (Lipinski definition) is 8. The summed E-state index contributed by atoms with van der Waals surface area (Å²) in [6.07, 6.45) is 6.24. The second-order valence-corrected chi connectivity index (χ2v) is 16.1. The Morgan fingerprint density at radius 1 is 0.683 bits per heavy atom. The van der Waals surface area contributed by atoms with Gasteiger partial charge in [0, 0.05) is 31.7 Å². The summed E-state index contributed by atoms with van der Waals surface area (Å²) in [4.78, 5) is 62.7. The first-order valence-electron chi connectivity index (χ1n) is 21.6. The van der Waals surface area contributed by atoms with Crippen LogP contribution in [0.1, 0.15) is 83.9 Å². The Kier molecular flexibility index (Phi) is 12.4. The summed E-state index contributed by atoms with van der Waals surface area (Å²) in [5, 5.41) is 2.70. The van der Waals surface area contributed by atoms with E-state index in [2.05, 4.69) is 73.4 Å². The van der Waals surface area contributed by atoms with E-state index in [0.717, 1.165) is 78.1 Å². The van der Waals surface area contributed by atoms with Crippen molar-refractivity contribution < 1.29 is 23.9 Å². The lowest BCUT2D eigenvalue weighted by Gasteiger charge is -2.37. The van der Waals surface area contributed by atoms with Crippen molar-refractivity contribution in [1.82, 2.24) is 40.0 Å². The minimum Gasteiger partial charge on any atom is -0.453 e. The van der Waals surface area contributed by atoms with Crippen LogP contribution in [-0.2, 0) is 19.1 Å². The van der Waals surface area contributed by atoms with Gasteiger partial charge in [0.25, 0.3) is 5.91 Å². The number of hydrogen-bond donors (Lipinski definition) is 3. The molecule has 0 unspecified atom stereocenters. The first-order valence-corrected chi connectivity index (χ1v) is 21.6. The lowest BCUT2D eigenvalue weighted by atomic mass is 10.0. The maximum atomic E-state index is 14.3. The summed E-state index contributed by atoms with van der Waals surface area (Å²) in [5.74, 6) is 7.80. The molecule has 320 valence electrons. The zero-order valence-electron chi connectivity index (χ0n) is 35.2. The van der Waals surface area contributed by atoms with Crippen molar-refractivity contribution in [2.45, 2.75) is 49.9 Å². The Bertz CT molecular complexity index is 2580. The van der Waals surface area contributed by atoms with Crippen LogP contribution in [-0.4, -0.2) is 99.0 Å². The van der Waals surface area contributed by atoms with Crippen LogP contribution in [0.5, 0.6) is 0 Å². The van der Waals surface area contributed by atoms with Crippen molar-refractivity contribution in [2.75, 3.05) is 46.5 Å². The molecule has 6 aromatic rings. The Morgan fingerprint density at radius 2 is 1.25 bits per heavy atom. The van der Waals surface area contributed by atoms with Crippen LogP contribution in [0.4, 0.5) is 4.79 Å². The smallest absolute Gasteiger partial charge is 0.407 e. The number of carbonyl (C=O) groups excluding carboxylic acids is 3. The quantitative estimate of drug-likeness (QED) is 0.121.